The van der Waals surface area contributed by atoms with Crippen molar-refractivity contribution in [3.05, 3.63) is 42.0 Å². The number of carbonyl (C=O) groups is 2. The van der Waals surface area contributed by atoms with E-state index in [0.717, 1.165) is 37.9 Å². The van der Waals surface area contributed by atoms with Gasteiger partial charge in [-0.25, -0.2) is 4.79 Å². The van der Waals surface area contributed by atoms with E-state index in [0.29, 0.717) is 13.0 Å². The summed E-state index contributed by atoms with van der Waals surface area (Å²) in [6, 6.07) is 9.83. The minimum Gasteiger partial charge on any atom is -0.462 e. The second-order valence-electron chi connectivity index (χ2n) is 14.5. The fourth-order valence-corrected chi connectivity index (χ4v) is 12.4. The average molecular weight is 624 g/mol. The zero-order valence-electron chi connectivity index (χ0n) is 27.5. The Morgan fingerprint density at radius 2 is 1.80 bits per heavy atom. The first kappa shape index (κ1) is 31.3. The highest BCUT2D eigenvalue weighted by Gasteiger charge is 2.88. The molecule has 1 aromatic carbocycles. The summed E-state index contributed by atoms with van der Waals surface area (Å²) in [7, 11) is 7.20. The number of esters is 2. The van der Waals surface area contributed by atoms with Crippen molar-refractivity contribution in [3.8, 4) is 0 Å². The monoisotopic (exact) mass is 623 g/mol. The van der Waals surface area contributed by atoms with Gasteiger partial charge in [-0.05, 0) is 43.4 Å². The van der Waals surface area contributed by atoms with E-state index in [2.05, 4.69) is 11.8 Å². The number of rotatable bonds is 10. The summed E-state index contributed by atoms with van der Waals surface area (Å²) < 4.78 is 38.7. The molecule has 246 valence electrons. The molecule has 0 unspecified atom stereocenters. The van der Waals surface area contributed by atoms with Crippen LogP contribution in [0.25, 0.3) is 6.08 Å². The van der Waals surface area contributed by atoms with E-state index in [1.54, 1.807) is 20.3 Å². The van der Waals surface area contributed by atoms with Crippen molar-refractivity contribution in [1.29, 1.82) is 0 Å². The van der Waals surface area contributed by atoms with Crippen LogP contribution in [0.1, 0.15) is 45.1 Å². The van der Waals surface area contributed by atoms with Gasteiger partial charge in [-0.15, -0.1) is 0 Å². The third-order valence-corrected chi connectivity index (χ3v) is 13.1. The largest absolute Gasteiger partial charge is 0.462 e. The second-order valence-corrected chi connectivity index (χ2v) is 14.5. The van der Waals surface area contributed by atoms with Gasteiger partial charge in [0.2, 0.25) is 0 Å². The lowest BCUT2D eigenvalue weighted by atomic mass is 9.43. The first-order valence-corrected chi connectivity index (χ1v) is 16.7. The molecular weight excluding hydrogens is 574 g/mol. The van der Waals surface area contributed by atoms with Gasteiger partial charge in [0, 0.05) is 94.9 Å². The number of likely N-dealkylation sites (tertiary alicyclic amines) is 1. The van der Waals surface area contributed by atoms with E-state index in [9.17, 15) is 9.59 Å². The van der Waals surface area contributed by atoms with Crippen molar-refractivity contribution in [1.82, 2.24) is 4.90 Å². The van der Waals surface area contributed by atoms with Crippen molar-refractivity contribution in [2.45, 2.75) is 75.6 Å². The molecule has 0 aromatic heterocycles. The van der Waals surface area contributed by atoms with Crippen molar-refractivity contribution < 1.29 is 38.0 Å². The van der Waals surface area contributed by atoms with Gasteiger partial charge in [-0.3, -0.25) is 9.69 Å². The minimum atomic E-state index is -0.973. The number of methoxy groups -OCH3 is 4. The van der Waals surface area contributed by atoms with E-state index in [4.69, 9.17) is 28.4 Å². The fourth-order valence-electron chi connectivity index (χ4n) is 12.4. The molecule has 7 bridgehead atoms. The fraction of sp³-hybridized carbons (Fsp3) is 0.722. The van der Waals surface area contributed by atoms with Gasteiger partial charge < -0.3 is 28.4 Å². The maximum absolute atomic E-state index is 14.0. The molecule has 5 aliphatic carbocycles. The number of carbonyl (C=O) groups excluding carboxylic acids is 2. The highest BCUT2D eigenvalue weighted by Crippen LogP contribution is 2.80. The lowest BCUT2D eigenvalue weighted by molar-refractivity contribution is -0.280. The van der Waals surface area contributed by atoms with Crippen LogP contribution in [0.15, 0.2) is 36.4 Å². The van der Waals surface area contributed by atoms with E-state index in [1.165, 1.54) is 13.0 Å². The lowest BCUT2D eigenvalue weighted by Gasteiger charge is -2.69. The molecule has 13 atom stereocenters. The van der Waals surface area contributed by atoms with Gasteiger partial charge in [-0.2, -0.15) is 0 Å². The van der Waals surface area contributed by atoms with E-state index < -0.39 is 17.7 Å². The van der Waals surface area contributed by atoms with Gasteiger partial charge in [0.25, 0.3) is 0 Å². The predicted molar refractivity (Wildman–Crippen MR) is 166 cm³/mol. The molecule has 0 amide bonds. The highest BCUT2D eigenvalue weighted by molar-refractivity contribution is 5.87. The van der Waals surface area contributed by atoms with Gasteiger partial charge in [0.1, 0.15) is 11.7 Å². The highest BCUT2D eigenvalue weighted by atomic mass is 16.6. The van der Waals surface area contributed by atoms with Crippen LogP contribution in [0.4, 0.5) is 0 Å². The van der Waals surface area contributed by atoms with Crippen LogP contribution in [-0.4, -0.2) is 101 Å². The van der Waals surface area contributed by atoms with Crippen molar-refractivity contribution in [2.75, 3.05) is 48.1 Å². The first-order chi connectivity index (χ1) is 21.8. The Bertz CT molecular complexity index is 1320. The van der Waals surface area contributed by atoms with E-state index in [1.807, 2.05) is 44.6 Å². The summed E-state index contributed by atoms with van der Waals surface area (Å²) in [6.07, 6.45) is 5.72. The topological polar surface area (TPSA) is 92.8 Å². The quantitative estimate of drug-likeness (QED) is 0.283. The standard InChI is InChI=1S/C36H49NO8/c1-7-37-19-34(20-40-3)16-15-26(42-5)36-24-17-23-25(41-4)18-35(28(24)30(23)44-21(2)38,29(33(36)37)31(43-6)32(34)36)45-27(39)14-13-22-11-9-8-10-12-22/h8-14,23-26,28-33H,7,15-20H2,1-6H3/b14-13+/t23-,24-,25+,26+,28-,29+,30+,31+,32-,33-,34+,35-,36+/m1/s1. The van der Waals surface area contributed by atoms with Crippen LogP contribution < -0.4 is 0 Å². The first-order valence-electron chi connectivity index (χ1n) is 16.7. The Kier molecular flexibility index (Phi) is 7.96. The zero-order chi connectivity index (χ0) is 31.7. The molecule has 6 aliphatic rings. The number of nitrogens with zero attached hydrogens (tertiary/aromatic N) is 1. The van der Waals surface area contributed by atoms with Gasteiger partial charge >= 0.3 is 11.9 Å². The van der Waals surface area contributed by atoms with Gasteiger partial charge in [-0.1, -0.05) is 37.3 Å². The summed E-state index contributed by atoms with van der Waals surface area (Å²) in [5, 5.41) is 0. The smallest absolute Gasteiger partial charge is 0.331 e. The van der Waals surface area contributed by atoms with E-state index >= 15 is 0 Å². The van der Waals surface area contributed by atoms with Crippen LogP contribution >= 0.6 is 0 Å². The van der Waals surface area contributed by atoms with Gasteiger partial charge in [0.15, 0.2) is 0 Å². The van der Waals surface area contributed by atoms with Crippen LogP contribution in [0, 0.1) is 40.4 Å². The molecule has 1 saturated heterocycles. The molecular formula is C36H49NO8. The normalized spacial score (nSPS) is 45.9. The molecule has 9 nitrogen and oxygen atoms in total. The number of fused-ring (bicyclic) bond motifs is 2. The summed E-state index contributed by atoms with van der Waals surface area (Å²) in [4.78, 5) is 29.4. The van der Waals surface area contributed by atoms with Crippen LogP contribution in [0.5, 0.6) is 0 Å². The molecule has 45 heavy (non-hydrogen) atoms. The Balaban J connectivity index is 1.45. The maximum Gasteiger partial charge on any atom is 0.331 e. The molecule has 1 aliphatic heterocycles. The van der Waals surface area contributed by atoms with Gasteiger partial charge in [0.05, 0.1) is 24.9 Å². The molecule has 5 saturated carbocycles. The van der Waals surface area contributed by atoms with Crippen molar-refractivity contribution >= 4 is 18.0 Å². The Morgan fingerprint density at radius 1 is 1.02 bits per heavy atom. The van der Waals surface area contributed by atoms with Crippen LogP contribution in [0.2, 0.25) is 0 Å². The molecule has 9 heteroatoms. The Hall–Kier alpha value is -2.30. The summed E-state index contributed by atoms with van der Waals surface area (Å²) in [5.74, 6) is -0.887. The summed E-state index contributed by atoms with van der Waals surface area (Å²) in [6.45, 7) is 6.10. The minimum absolute atomic E-state index is 0.00219. The molecule has 0 radical (unpaired) electrons. The van der Waals surface area contributed by atoms with Crippen LogP contribution in [0.3, 0.4) is 0 Å². The molecule has 7 rings (SSSR count). The third kappa shape index (κ3) is 4.16. The predicted octanol–water partition coefficient (Wildman–Crippen LogP) is 3.99. The Labute approximate surface area is 266 Å². The number of hydrogen-bond donors (Lipinski definition) is 0. The molecule has 1 spiro atoms. The average Bonchev–Trinajstić information content (AvgIpc) is 3.45. The van der Waals surface area contributed by atoms with Crippen molar-refractivity contribution in [3.63, 3.8) is 0 Å². The zero-order valence-corrected chi connectivity index (χ0v) is 27.5. The lowest BCUT2D eigenvalue weighted by Crippen LogP contribution is -2.77. The molecule has 1 aromatic rings. The number of benzene rings is 1. The second kappa shape index (κ2) is 11.4. The summed E-state index contributed by atoms with van der Waals surface area (Å²) >= 11 is 0. The maximum atomic E-state index is 14.0. The number of ether oxygens (including phenoxy) is 6. The molecule has 0 N–H and O–H groups in total. The summed E-state index contributed by atoms with van der Waals surface area (Å²) in [5.41, 5.74) is -0.481. The van der Waals surface area contributed by atoms with Crippen molar-refractivity contribution in [2.24, 2.45) is 40.4 Å². The SMILES string of the molecule is CCN1C[C@]2(COC)CC[C@H](OC)[C@@]34[C@@H]5C[C@H]6[C@H](OC(C)=O)[C@@H]5[C@](OC(=O)/C=C/c5ccccc5)(C[C@@H]6OC)[C@@H]([C@H](OC)[C@H]23)[C@@H]14. The Morgan fingerprint density at radius 3 is 2.44 bits per heavy atom. The molecule has 1 heterocycles. The number of piperidine rings is 1. The third-order valence-electron chi connectivity index (χ3n) is 13.1. The van der Waals surface area contributed by atoms with E-state index in [-0.39, 0.29) is 70.7 Å². The van der Waals surface area contributed by atoms with Crippen LogP contribution in [-0.2, 0) is 38.0 Å². The molecule has 6 fully saturated rings. The number of hydrogen-bond acceptors (Lipinski definition) is 9.